The lowest BCUT2D eigenvalue weighted by atomic mass is 9.97. The van der Waals surface area contributed by atoms with Gasteiger partial charge >= 0.3 is 0 Å². The first-order valence-corrected chi connectivity index (χ1v) is 9.71. The van der Waals surface area contributed by atoms with Crippen molar-refractivity contribution in [3.63, 3.8) is 0 Å². The van der Waals surface area contributed by atoms with Crippen LogP contribution in [0.2, 0.25) is 0 Å². The number of anilines is 2. The minimum atomic E-state index is 0.272. The van der Waals surface area contributed by atoms with Crippen LogP contribution in [-0.4, -0.2) is 56.9 Å². The van der Waals surface area contributed by atoms with Gasteiger partial charge in [0.05, 0.1) is 5.69 Å². The van der Waals surface area contributed by atoms with Crippen LogP contribution >= 0.6 is 0 Å². The normalized spacial score (nSPS) is 15.2. The van der Waals surface area contributed by atoms with Gasteiger partial charge in [-0.1, -0.05) is 30.3 Å². The summed E-state index contributed by atoms with van der Waals surface area (Å²) >= 11 is 0. The SMILES string of the molecule is CN(C)c1noc(C2CCN(c3cc(-c4ccccc4)nc4ncnn34)CC2)n1. The molecule has 1 aliphatic heterocycles. The Hall–Kier alpha value is -3.49. The van der Waals surface area contributed by atoms with Crippen LogP contribution in [0.1, 0.15) is 24.7 Å². The molecular formula is C20H22N8O. The molecule has 1 aromatic carbocycles. The van der Waals surface area contributed by atoms with E-state index in [4.69, 9.17) is 4.52 Å². The Morgan fingerprint density at radius 1 is 1.07 bits per heavy atom. The molecule has 0 saturated carbocycles. The van der Waals surface area contributed by atoms with E-state index < -0.39 is 0 Å². The molecule has 0 N–H and O–H groups in total. The summed E-state index contributed by atoms with van der Waals surface area (Å²) in [6.07, 6.45) is 3.43. The standard InChI is InChI=1S/C20H22N8O/c1-26(2)20-24-18(29-25-20)15-8-10-27(11-9-15)17-12-16(14-6-4-3-5-7-14)23-19-21-13-22-28(17)19/h3-7,12-13,15H,8-11H2,1-2H3. The number of hydrogen-bond donors (Lipinski definition) is 0. The zero-order chi connectivity index (χ0) is 19.8. The first-order valence-electron chi connectivity index (χ1n) is 9.71. The molecule has 148 valence electrons. The molecule has 0 radical (unpaired) electrons. The molecular weight excluding hydrogens is 368 g/mol. The van der Waals surface area contributed by atoms with Crippen molar-refractivity contribution in [2.75, 3.05) is 37.0 Å². The van der Waals surface area contributed by atoms with Gasteiger partial charge in [0.1, 0.15) is 12.1 Å². The molecule has 0 unspecified atom stereocenters. The summed E-state index contributed by atoms with van der Waals surface area (Å²) in [5.74, 6) is 3.22. The lowest BCUT2D eigenvalue weighted by molar-refractivity contribution is 0.328. The maximum absolute atomic E-state index is 5.48. The Bertz CT molecular complexity index is 1110. The van der Waals surface area contributed by atoms with Crippen LogP contribution in [0.25, 0.3) is 17.0 Å². The van der Waals surface area contributed by atoms with E-state index in [1.165, 1.54) is 0 Å². The van der Waals surface area contributed by atoms with Gasteiger partial charge in [-0.15, -0.1) is 0 Å². The van der Waals surface area contributed by atoms with Gasteiger partial charge in [-0.25, -0.2) is 4.98 Å². The molecule has 1 saturated heterocycles. The van der Waals surface area contributed by atoms with E-state index in [1.54, 1.807) is 6.33 Å². The van der Waals surface area contributed by atoms with E-state index in [0.29, 0.717) is 11.7 Å². The maximum atomic E-state index is 5.48. The average Bonchev–Trinajstić information content (AvgIpc) is 3.44. The van der Waals surface area contributed by atoms with Gasteiger partial charge in [0.25, 0.3) is 11.7 Å². The van der Waals surface area contributed by atoms with E-state index in [1.807, 2.05) is 41.7 Å². The summed E-state index contributed by atoms with van der Waals surface area (Å²) in [6, 6.07) is 12.2. The molecule has 3 aromatic heterocycles. The number of nitrogens with zero attached hydrogens (tertiary/aromatic N) is 8. The Labute approximate surface area is 168 Å². The second-order valence-corrected chi connectivity index (χ2v) is 7.43. The first kappa shape index (κ1) is 17.6. The quantitative estimate of drug-likeness (QED) is 0.525. The Morgan fingerprint density at radius 2 is 1.86 bits per heavy atom. The molecule has 0 spiro atoms. The van der Waals surface area contributed by atoms with Crippen molar-refractivity contribution in [2.45, 2.75) is 18.8 Å². The minimum absolute atomic E-state index is 0.272. The molecule has 0 amide bonds. The molecule has 1 fully saturated rings. The first-order chi connectivity index (χ1) is 14.2. The smallest absolute Gasteiger partial charge is 0.265 e. The van der Waals surface area contributed by atoms with Gasteiger partial charge in [-0.2, -0.15) is 19.6 Å². The summed E-state index contributed by atoms with van der Waals surface area (Å²) < 4.78 is 7.29. The van der Waals surface area contributed by atoms with Crippen molar-refractivity contribution in [3.05, 3.63) is 48.6 Å². The fourth-order valence-corrected chi connectivity index (χ4v) is 3.71. The van der Waals surface area contributed by atoms with Crippen LogP contribution in [0.5, 0.6) is 0 Å². The van der Waals surface area contributed by atoms with Crippen molar-refractivity contribution in [1.82, 2.24) is 29.7 Å². The molecule has 0 aliphatic carbocycles. The zero-order valence-corrected chi connectivity index (χ0v) is 16.4. The molecule has 0 atom stereocenters. The third-order valence-electron chi connectivity index (χ3n) is 5.30. The average molecular weight is 390 g/mol. The summed E-state index contributed by atoms with van der Waals surface area (Å²) in [5.41, 5.74) is 1.96. The highest BCUT2D eigenvalue weighted by Gasteiger charge is 2.27. The molecule has 4 heterocycles. The van der Waals surface area contributed by atoms with Crippen molar-refractivity contribution in [2.24, 2.45) is 0 Å². The van der Waals surface area contributed by atoms with Crippen LogP contribution in [0.15, 0.2) is 47.2 Å². The summed E-state index contributed by atoms with van der Waals surface area (Å²) in [5, 5.41) is 8.43. The Kier molecular flexibility index (Phi) is 4.34. The minimum Gasteiger partial charge on any atom is -0.356 e. The van der Waals surface area contributed by atoms with Crippen LogP contribution < -0.4 is 9.80 Å². The maximum Gasteiger partial charge on any atom is 0.265 e. The molecule has 9 nitrogen and oxygen atoms in total. The van der Waals surface area contributed by atoms with Gasteiger partial charge in [-0.05, 0) is 18.0 Å². The van der Waals surface area contributed by atoms with Gasteiger partial charge < -0.3 is 14.3 Å². The van der Waals surface area contributed by atoms with Gasteiger partial charge in [-0.3, -0.25) is 0 Å². The highest BCUT2D eigenvalue weighted by Crippen LogP contribution is 2.31. The van der Waals surface area contributed by atoms with E-state index in [-0.39, 0.29) is 5.92 Å². The number of aromatic nitrogens is 6. The number of hydrogen-bond acceptors (Lipinski definition) is 8. The predicted octanol–water partition coefficient (Wildman–Crippen LogP) is 2.62. The molecule has 4 aromatic rings. The molecule has 0 bridgehead atoms. The molecule has 5 rings (SSSR count). The molecule has 9 heteroatoms. The van der Waals surface area contributed by atoms with Crippen molar-refractivity contribution >= 4 is 17.5 Å². The Balaban J connectivity index is 1.41. The van der Waals surface area contributed by atoms with Crippen molar-refractivity contribution < 1.29 is 4.52 Å². The topological polar surface area (TPSA) is 88.5 Å². The molecule has 1 aliphatic rings. The second-order valence-electron chi connectivity index (χ2n) is 7.43. The fraction of sp³-hybridized carbons (Fsp3) is 0.350. The van der Waals surface area contributed by atoms with E-state index in [9.17, 15) is 0 Å². The van der Waals surface area contributed by atoms with Crippen LogP contribution in [-0.2, 0) is 0 Å². The predicted molar refractivity (Wildman–Crippen MR) is 109 cm³/mol. The lowest BCUT2D eigenvalue weighted by Gasteiger charge is -2.32. The second kappa shape index (κ2) is 7.16. The third-order valence-corrected chi connectivity index (χ3v) is 5.30. The lowest BCUT2D eigenvalue weighted by Crippen LogP contribution is -2.34. The van der Waals surface area contributed by atoms with Gasteiger partial charge in [0, 0.05) is 44.7 Å². The monoisotopic (exact) mass is 390 g/mol. The largest absolute Gasteiger partial charge is 0.356 e. The highest BCUT2D eigenvalue weighted by atomic mass is 16.5. The summed E-state index contributed by atoms with van der Waals surface area (Å²) in [6.45, 7) is 1.75. The number of fused-ring (bicyclic) bond motifs is 1. The summed E-state index contributed by atoms with van der Waals surface area (Å²) in [4.78, 5) is 17.7. The Morgan fingerprint density at radius 3 is 2.59 bits per heavy atom. The van der Waals surface area contributed by atoms with Gasteiger partial charge in [0.15, 0.2) is 0 Å². The van der Waals surface area contributed by atoms with E-state index >= 15 is 0 Å². The van der Waals surface area contributed by atoms with Crippen LogP contribution in [0, 0.1) is 0 Å². The van der Waals surface area contributed by atoms with Crippen LogP contribution in [0.4, 0.5) is 11.8 Å². The van der Waals surface area contributed by atoms with Gasteiger partial charge in [0.2, 0.25) is 5.89 Å². The zero-order valence-electron chi connectivity index (χ0n) is 16.4. The summed E-state index contributed by atoms with van der Waals surface area (Å²) in [7, 11) is 3.82. The number of rotatable bonds is 4. The highest BCUT2D eigenvalue weighted by molar-refractivity contribution is 5.65. The van der Waals surface area contributed by atoms with E-state index in [2.05, 4.69) is 48.3 Å². The van der Waals surface area contributed by atoms with Crippen LogP contribution in [0.3, 0.4) is 0 Å². The molecule has 29 heavy (non-hydrogen) atoms. The number of benzene rings is 1. The number of piperidine rings is 1. The van der Waals surface area contributed by atoms with E-state index in [0.717, 1.165) is 48.9 Å². The van der Waals surface area contributed by atoms with Crippen molar-refractivity contribution in [1.29, 1.82) is 0 Å². The van der Waals surface area contributed by atoms with Crippen molar-refractivity contribution in [3.8, 4) is 11.3 Å². The third kappa shape index (κ3) is 3.28. The fourth-order valence-electron chi connectivity index (χ4n) is 3.71.